The smallest absolute Gasteiger partial charge is 0.242 e. The van der Waals surface area contributed by atoms with Gasteiger partial charge < -0.3 is 10.6 Å². The molecule has 2 rings (SSSR count). The summed E-state index contributed by atoms with van der Waals surface area (Å²) in [7, 11) is 0. The molecule has 18 heavy (non-hydrogen) atoms. The van der Waals surface area contributed by atoms with Crippen LogP contribution in [0, 0.1) is 0 Å². The Balaban J connectivity index is 2.01. The Kier molecular flexibility index (Phi) is 3.87. The van der Waals surface area contributed by atoms with Crippen LogP contribution in [0.1, 0.15) is 31.4 Å². The molecule has 1 aliphatic rings. The quantitative estimate of drug-likeness (QED) is 0.824. The van der Waals surface area contributed by atoms with Gasteiger partial charge >= 0.3 is 0 Å². The molecule has 1 heterocycles. The molecule has 0 bridgehead atoms. The molecule has 1 aromatic rings. The number of anilines is 1. The third-order valence-corrected chi connectivity index (χ3v) is 3.14. The summed E-state index contributed by atoms with van der Waals surface area (Å²) in [4.78, 5) is 22.5. The summed E-state index contributed by atoms with van der Waals surface area (Å²) in [6.45, 7) is 1.62. The number of carbonyl (C=O) groups excluding carboxylic acids is 2. The number of halogens is 1. The lowest BCUT2D eigenvalue weighted by molar-refractivity contribution is -0.119. The molecule has 2 amide bonds. The van der Waals surface area contributed by atoms with Gasteiger partial charge in [0, 0.05) is 12.1 Å². The van der Waals surface area contributed by atoms with E-state index in [2.05, 4.69) is 10.6 Å². The molecule has 2 N–H and O–H groups in total. The molecule has 1 saturated heterocycles. The van der Waals surface area contributed by atoms with Crippen LogP contribution in [0.5, 0.6) is 0 Å². The van der Waals surface area contributed by atoms with Gasteiger partial charge in [-0.2, -0.15) is 0 Å². The lowest BCUT2D eigenvalue weighted by Crippen LogP contribution is -2.20. The highest BCUT2D eigenvalue weighted by Crippen LogP contribution is 2.24. The van der Waals surface area contributed by atoms with E-state index in [1.807, 2.05) is 24.3 Å². The number of nitrogens with one attached hydrogen (secondary N) is 2. The van der Waals surface area contributed by atoms with Crippen molar-refractivity contribution in [2.75, 3.05) is 5.32 Å². The van der Waals surface area contributed by atoms with Gasteiger partial charge in [0.15, 0.2) is 0 Å². The number of alkyl halides is 1. The van der Waals surface area contributed by atoms with Crippen LogP contribution in [0.3, 0.4) is 0 Å². The summed E-state index contributed by atoms with van der Waals surface area (Å²) < 4.78 is 0. The van der Waals surface area contributed by atoms with Crippen molar-refractivity contribution in [2.24, 2.45) is 0 Å². The van der Waals surface area contributed by atoms with E-state index in [0.717, 1.165) is 12.0 Å². The highest BCUT2D eigenvalue weighted by Gasteiger charge is 2.21. The van der Waals surface area contributed by atoms with Gasteiger partial charge in [-0.15, -0.1) is 11.6 Å². The van der Waals surface area contributed by atoms with Crippen LogP contribution in [-0.4, -0.2) is 17.2 Å². The van der Waals surface area contributed by atoms with Gasteiger partial charge in [-0.05, 0) is 31.0 Å². The first kappa shape index (κ1) is 12.9. The maximum Gasteiger partial charge on any atom is 0.242 e. The average molecular weight is 267 g/mol. The van der Waals surface area contributed by atoms with E-state index in [9.17, 15) is 9.59 Å². The Bertz CT molecular complexity index is 457. The van der Waals surface area contributed by atoms with E-state index in [0.29, 0.717) is 12.1 Å². The minimum absolute atomic E-state index is 0.0911. The van der Waals surface area contributed by atoms with Crippen molar-refractivity contribution >= 4 is 29.1 Å². The molecule has 1 aromatic carbocycles. The first-order valence-electron chi connectivity index (χ1n) is 5.90. The summed E-state index contributed by atoms with van der Waals surface area (Å²) in [5.74, 6) is -0.132. The van der Waals surface area contributed by atoms with Crippen LogP contribution in [0.15, 0.2) is 24.3 Å². The van der Waals surface area contributed by atoms with E-state index in [1.165, 1.54) is 0 Å². The standard InChI is InChI=1S/C13H15ClN2O2/c1-8(14)13(18)15-10-4-2-9(3-5-10)11-6-7-12(17)16-11/h2-5,8,11H,6-7H2,1H3,(H,15,18)(H,16,17). The molecule has 1 fully saturated rings. The van der Waals surface area contributed by atoms with E-state index in [4.69, 9.17) is 11.6 Å². The van der Waals surface area contributed by atoms with E-state index < -0.39 is 5.38 Å². The second-order valence-electron chi connectivity index (χ2n) is 4.39. The zero-order valence-corrected chi connectivity index (χ0v) is 10.8. The fraction of sp³-hybridized carbons (Fsp3) is 0.385. The fourth-order valence-electron chi connectivity index (χ4n) is 1.90. The fourth-order valence-corrected chi connectivity index (χ4v) is 1.96. The highest BCUT2D eigenvalue weighted by molar-refractivity contribution is 6.32. The zero-order valence-electron chi connectivity index (χ0n) is 10.1. The summed E-state index contributed by atoms with van der Waals surface area (Å²) in [5, 5.41) is 5.05. The molecular formula is C13H15ClN2O2. The normalized spacial score (nSPS) is 20.3. The molecule has 5 heteroatoms. The highest BCUT2D eigenvalue weighted by atomic mass is 35.5. The lowest BCUT2D eigenvalue weighted by Gasteiger charge is -2.12. The maximum absolute atomic E-state index is 11.4. The number of carbonyl (C=O) groups is 2. The van der Waals surface area contributed by atoms with Crippen molar-refractivity contribution in [1.29, 1.82) is 0 Å². The molecule has 4 nitrogen and oxygen atoms in total. The van der Waals surface area contributed by atoms with Gasteiger partial charge in [-0.25, -0.2) is 0 Å². The zero-order chi connectivity index (χ0) is 13.1. The van der Waals surface area contributed by atoms with Crippen molar-refractivity contribution < 1.29 is 9.59 Å². The molecule has 0 radical (unpaired) electrons. The first-order chi connectivity index (χ1) is 8.56. The molecule has 0 spiro atoms. The number of amides is 2. The monoisotopic (exact) mass is 266 g/mol. The second-order valence-corrected chi connectivity index (χ2v) is 5.04. The van der Waals surface area contributed by atoms with E-state index >= 15 is 0 Å². The van der Waals surface area contributed by atoms with Crippen LogP contribution in [-0.2, 0) is 9.59 Å². The van der Waals surface area contributed by atoms with Crippen molar-refractivity contribution in [3.8, 4) is 0 Å². The summed E-state index contributed by atoms with van der Waals surface area (Å²) in [6, 6.07) is 7.54. The molecule has 1 aliphatic heterocycles. The molecule has 2 unspecified atom stereocenters. The number of hydrogen-bond acceptors (Lipinski definition) is 2. The Hall–Kier alpha value is -1.55. The van der Waals surface area contributed by atoms with Crippen LogP contribution < -0.4 is 10.6 Å². The van der Waals surface area contributed by atoms with Crippen LogP contribution in [0.2, 0.25) is 0 Å². The Morgan fingerprint density at radius 3 is 2.61 bits per heavy atom. The minimum atomic E-state index is -0.557. The van der Waals surface area contributed by atoms with Gasteiger partial charge in [0.05, 0.1) is 6.04 Å². The molecular weight excluding hydrogens is 252 g/mol. The van der Waals surface area contributed by atoms with Gasteiger partial charge in [-0.3, -0.25) is 9.59 Å². The summed E-state index contributed by atoms with van der Waals surface area (Å²) >= 11 is 5.67. The summed E-state index contributed by atoms with van der Waals surface area (Å²) in [6.07, 6.45) is 1.40. The van der Waals surface area contributed by atoms with Crippen molar-refractivity contribution in [3.05, 3.63) is 29.8 Å². The number of hydrogen-bond donors (Lipinski definition) is 2. The SMILES string of the molecule is CC(Cl)C(=O)Nc1ccc(C2CCC(=O)N2)cc1. The first-order valence-corrected chi connectivity index (χ1v) is 6.34. The largest absolute Gasteiger partial charge is 0.349 e. The Morgan fingerprint density at radius 1 is 1.44 bits per heavy atom. The molecule has 96 valence electrons. The van der Waals surface area contributed by atoms with Crippen molar-refractivity contribution in [3.63, 3.8) is 0 Å². The van der Waals surface area contributed by atoms with Crippen LogP contribution in [0.4, 0.5) is 5.69 Å². The average Bonchev–Trinajstić information content (AvgIpc) is 2.76. The maximum atomic E-state index is 11.4. The van der Waals surface area contributed by atoms with Gasteiger partial charge in [-0.1, -0.05) is 12.1 Å². The lowest BCUT2D eigenvalue weighted by atomic mass is 10.1. The van der Waals surface area contributed by atoms with Gasteiger partial charge in [0.25, 0.3) is 0 Å². The molecule has 0 aromatic heterocycles. The van der Waals surface area contributed by atoms with Crippen molar-refractivity contribution in [2.45, 2.75) is 31.2 Å². The predicted octanol–water partition coefficient (Wildman–Crippen LogP) is 2.20. The predicted molar refractivity (Wildman–Crippen MR) is 70.5 cm³/mol. The van der Waals surface area contributed by atoms with Crippen LogP contribution >= 0.6 is 11.6 Å². The third-order valence-electron chi connectivity index (χ3n) is 2.94. The van der Waals surface area contributed by atoms with Crippen molar-refractivity contribution in [1.82, 2.24) is 5.32 Å². The minimum Gasteiger partial charge on any atom is -0.349 e. The van der Waals surface area contributed by atoms with Gasteiger partial charge in [0.1, 0.15) is 5.38 Å². The number of rotatable bonds is 3. The molecule has 0 aliphatic carbocycles. The topological polar surface area (TPSA) is 58.2 Å². The van der Waals surface area contributed by atoms with E-state index in [1.54, 1.807) is 6.92 Å². The number of benzene rings is 1. The van der Waals surface area contributed by atoms with Gasteiger partial charge in [0.2, 0.25) is 11.8 Å². The Morgan fingerprint density at radius 2 is 2.11 bits per heavy atom. The second kappa shape index (κ2) is 5.40. The molecule has 0 saturated carbocycles. The van der Waals surface area contributed by atoms with E-state index in [-0.39, 0.29) is 17.9 Å². The molecule has 2 atom stereocenters. The Labute approximate surface area is 111 Å². The third kappa shape index (κ3) is 3.01. The summed E-state index contributed by atoms with van der Waals surface area (Å²) in [5.41, 5.74) is 1.76. The van der Waals surface area contributed by atoms with Crippen LogP contribution in [0.25, 0.3) is 0 Å².